The molecule has 0 unspecified atom stereocenters. The summed E-state index contributed by atoms with van der Waals surface area (Å²) >= 11 is 1.46. The number of nitrogens with zero attached hydrogens (tertiary/aromatic N) is 5. The van der Waals surface area contributed by atoms with Crippen LogP contribution in [0.15, 0.2) is 11.4 Å². The third kappa shape index (κ3) is 3.45. The molecule has 0 atom stereocenters. The second-order valence-corrected chi connectivity index (χ2v) is 5.97. The summed E-state index contributed by atoms with van der Waals surface area (Å²) in [7, 11) is 3.58. The lowest BCUT2D eigenvalue weighted by atomic mass is 9.95. The fourth-order valence-electron chi connectivity index (χ4n) is 2.48. The maximum Gasteiger partial charge on any atom is 0.225 e. The van der Waals surface area contributed by atoms with Crippen LogP contribution >= 0.6 is 11.8 Å². The molecule has 1 aromatic heterocycles. The molecule has 21 heavy (non-hydrogen) atoms. The third-order valence-electron chi connectivity index (χ3n) is 3.63. The van der Waals surface area contributed by atoms with Gasteiger partial charge in [0.1, 0.15) is 11.6 Å². The fourth-order valence-corrected chi connectivity index (χ4v) is 2.81. The van der Waals surface area contributed by atoms with Gasteiger partial charge in [-0.3, -0.25) is 4.79 Å². The zero-order valence-corrected chi connectivity index (χ0v) is 13.4. The molecule has 0 aliphatic carbocycles. The molecule has 1 aromatic rings. The Hall–Kier alpha value is -1.81. The van der Waals surface area contributed by atoms with Crippen molar-refractivity contribution in [2.75, 3.05) is 38.3 Å². The monoisotopic (exact) mass is 305 g/mol. The Bertz CT molecular complexity index is 561. The van der Waals surface area contributed by atoms with Gasteiger partial charge in [0, 0.05) is 33.1 Å². The molecule has 0 saturated carbocycles. The Kier molecular flexibility index (Phi) is 5.02. The predicted molar refractivity (Wildman–Crippen MR) is 82.2 cm³/mol. The van der Waals surface area contributed by atoms with Crippen LogP contribution in [-0.4, -0.2) is 54.2 Å². The van der Waals surface area contributed by atoms with E-state index in [-0.39, 0.29) is 11.8 Å². The van der Waals surface area contributed by atoms with Crippen molar-refractivity contribution in [2.24, 2.45) is 5.92 Å². The Balaban J connectivity index is 2.12. The van der Waals surface area contributed by atoms with Gasteiger partial charge in [0.25, 0.3) is 0 Å². The summed E-state index contributed by atoms with van der Waals surface area (Å²) in [4.78, 5) is 24.3. The number of rotatable bonds is 3. The van der Waals surface area contributed by atoms with Gasteiger partial charge >= 0.3 is 0 Å². The smallest absolute Gasteiger partial charge is 0.225 e. The molecule has 0 radical (unpaired) electrons. The van der Waals surface area contributed by atoms with E-state index in [1.54, 1.807) is 25.2 Å². The van der Waals surface area contributed by atoms with Crippen LogP contribution in [0, 0.1) is 17.2 Å². The average molecular weight is 305 g/mol. The summed E-state index contributed by atoms with van der Waals surface area (Å²) in [6.45, 7) is 1.48. The standard InChI is InChI=1S/C14H19N5OS/c1-18(2)13(20)10-4-6-19(7-5-10)12-11(8-15)9-16-14(17-12)21-3/h9-10H,4-7H2,1-3H3. The van der Waals surface area contributed by atoms with Crippen molar-refractivity contribution in [2.45, 2.75) is 18.0 Å². The number of piperidine rings is 1. The predicted octanol–water partition coefficient (Wildman–Crippen LogP) is 1.37. The number of carbonyl (C=O) groups is 1. The van der Waals surface area contributed by atoms with Crippen molar-refractivity contribution >= 4 is 23.5 Å². The number of hydrogen-bond acceptors (Lipinski definition) is 6. The van der Waals surface area contributed by atoms with Gasteiger partial charge in [-0.2, -0.15) is 5.26 Å². The van der Waals surface area contributed by atoms with E-state index in [1.807, 2.05) is 6.26 Å². The summed E-state index contributed by atoms with van der Waals surface area (Å²) < 4.78 is 0. The lowest BCUT2D eigenvalue weighted by molar-refractivity contribution is -0.133. The van der Waals surface area contributed by atoms with E-state index >= 15 is 0 Å². The maximum absolute atomic E-state index is 12.0. The van der Waals surface area contributed by atoms with Gasteiger partial charge in [0.15, 0.2) is 11.0 Å². The highest BCUT2D eigenvalue weighted by atomic mass is 32.2. The largest absolute Gasteiger partial charge is 0.355 e. The maximum atomic E-state index is 12.0. The zero-order valence-electron chi connectivity index (χ0n) is 12.5. The van der Waals surface area contributed by atoms with Gasteiger partial charge in [-0.1, -0.05) is 11.8 Å². The van der Waals surface area contributed by atoms with Crippen molar-refractivity contribution in [3.63, 3.8) is 0 Å². The molecular weight excluding hydrogens is 286 g/mol. The van der Waals surface area contributed by atoms with Crippen molar-refractivity contribution in [1.82, 2.24) is 14.9 Å². The molecule has 1 saturated heterocycles. The summed E-state index contributed by atoms with van der Waals surface area (Å²) in [6, 6.07) is 2.15. The molecule has 112 valence electrons. The van der Waals surface area contributed by atoms with Gasteiger partial charge in [-0.25, -0.2) is 9.97 Å². The first-order valence-corrected chi connectivity index (χ1v) is 8.06. The summed E-state index contributed by atoms with van der Waals surface area (Å²) in [5, 5.41) is 9.86. The quantitative estimate of drug-likeness (QED) is 0.620. The summed E-state index contributed by atoms with van der Waals surface area (Å²) in [5.41, 5.74) is 0.491. The van der Waals surface area contributed by atoms with E-state index in [2.05, 4.69) is 20.9 Å². The molecule has 2 heterocycles. The topological polar surface area (TPSA) is 73.1 Å². The highest BCUT2D eigenvalue weighted by Gasteiger charge is 2.27. The Morgan fingerprint density at radius 1 is 1.48 bits per heavy atom. The molecule has 7 heteroatoms. The summed E-state index contributed by atoms with van der Waals surface area (Å²) in [6.07, 6.45) is 5.07. The highest BCUT2D eigenvalue weighted by Crippen LogP contribution is 2.26. The van der Waals surface area contributed by atoms with E-state index < -0.39 is 0 Å². The molecule has 6 nitrogen and oxygen atoms in total. The van der Waals surface area contributed by atoms with Crippen LogP contribution in [0.2, 0.25) is 0 Å². The number of carbonyl (C=O) groups excluding carboxylic acids is 1. The molecular formula is C14H19N5OS. The number of hydrogen-bond donors (Lipinski definition) is 0. The number of nitriles is 1. The second-order valence-electron chi connectivity index (χ2n) is 5.20. The van der Waals surface area contributed by atoms with Crippen molar-refractivity contribution in [3.8, 4) is 6.07 Å². The molecule has 1 amide bonds. The minimum absolute atomic E-state index is 0.0728. The number of amides is 1. The first kappa shape index (κ1) is 15.6. The van der Waals surface area contributed by atoms with Crippen LogP contribution in [0.4, 0.5) is 5.82 Å². The Morgan fingerprint density at radius 3 is 2.67 bits per heavy atom. The van der Waals surface area contributed by atoms with Crippen molar-refractivity contribution in [3.05, 3.63) is 11.8 Å². The van der Waals surface area contributed by atoms with Crippen LogP contribution in [0.5, 0.6) is 0 Å². The number of aromatic nitrogens is 2. The Morgan fingerprint density at radius 2 is 2.14 bits per heavy atom. The molecule has 1 fully saturated rings. The van der Waals surface area contributed by atoms with Crippen LogP contribution in [-0.2, 0) is 4.79 Å². The first-order valence-electron chi connectivity index (χ1n) is 6.84. The molecule has 1 aliphatic rings. The van der Waals surface area contributed by atoms with E-state index in [0.29, 0.717) is 16.5 Å². The van der Waals surface area contributed by atoms with Gasteiger partial charge in [-0.05, 0) is 19.1 Å². The zero-order chi connectivity index (χ0) is 15.4. The van der Waals surface area contributed by atoms with Gasteiger partial charge < -0.3 is 9.80 Å². The number of thioether (sulfide) groups is 1. The van der Waals surface area contributed by atoms with Crippen LogP contribution < -0.4 is 4.90 Å². The number of anilines is 1. The lowest BCUT2D eigenvalue weighted by Gasteiger charge is -2.33. The summed E-state index contributed by atoms with van der Waals surface area (Å²) in [5.74, 6) is 0.943. The minimum atomic E-state index is 0.0728. The second kappa shape index (κ2) is 6.76. The van der Waals surface area contributed by atoms with Crippen molar-refractivity contribution < 1.29 is 4.79 Å². The molecule has 2 rings (SSSR count). The van der Waals surface area contributed by atoms with Crippen LogP contribution in [0.25, 0.3) is 0 Å². The van der Waals surface area contributed by atoms with Gasteiger partial charge in [0.2, 0.25) is 5.91 Å². The van der Waals surface area contributed by atoms with E-state index in [0.717, 1.165) is 25.9 Å². The average Bonchev–Trinajstić information content (AvgIpc) is 2.53. The fraction of sp³-hybridized carbons (Fsp3) is 0.571. The first-order chi connectivity index (χ1) is 10.1. The van der Waals surface area contributed by atoms with E-state index in [4.69, 9.17) is 0 Å². The van der Waals surface area contributed by atoms with Crippen LogP contribution in [0.3, 0.4) is 0 Å². The molecule has 0 N–H and O–H groups in total. The molecule has 0 aromatic carbocycles. The van der Waals surface area contributed by atoms with Gasteiger partial charge in [0.05, 0.1) is 6.20 Å². The lowest BCUT2D eigenvalue weighted by Crippen LogP contribution is -2.40. The van der Waals surface area contributed by atoms with Crippen molar-refractivity contribution in [1.29, 1.82) is 5.26 Å². The van der Waals surface area contributed by atoms with E-state index in [1.165, 1.54) is 11.8 Å². The Labute approximate surface area is 129 Å². The minimum Gasteiger partial charge on any atom is -0.355 e. The van der Waals surface area contributed by atoms with Gasteiger partial charge in [-0.15, -0.1) is 0 Å². The van der Waals surface area contributed by atoms with Crippen LogP contribution in [0.1, 0.15) is 18.4 Å². The highest BCUT2D eigenvalue weighted by molar-refractivity contribution is 7.98. The molecule has 0 spiro atoms. The molecule has 0 bridgehead atoms. The van der Waals surface area contributed by atoms with E-state index in [9.17, 15) is 10.1 Å². The normalized spacial score (nSPS) is 15.6. The SMILES string of the molecule is CSc1ncc(C#N)c(N2CCC(C(=O)N(C)C)CC2)n1. The third-order valence-corrected chi connectivity index (χ3v) is 4.20. The molecule has 1 aliphatic heterocycles.